The van der Waals surface area contributed by atoms with Crippen molar-refractivity contribution in [1.82, 2.24) is 0 Å². The van der Waals surface area contributed by atoms with Crippen LogP contribution in [-0.4, -0.2) is 86.7 Å². The molecule has 0 saturated carbocycles. The number of rotatable bonds is 26. The molecule has 2 heterocycles. The number of thioether (sulfide) groups is 1. The first-order chi connectivity index (χ1) is 35.8. The van der Waals surface area contributed by atoms with Crippen molar-refractivity contribution in [2.24, 2.45) is 0 Å². The molecular formula is C61H68O11S. The number of Topliss-reactive ketones (excluding diaryl/α,β-unsaturated/α-hetero) is 1. The van der Waals surface area contributed by atoms with Gasteiger partial charge in [0.1, 0.15) is 42.7 Å². The number of methoxy groups -OCH3 is 1. The van der Waals surface area contributed by atoms with E-state index >= 15 is 0 Å². The van der Waals surface area contributed by atoms with Crippen LogP contribution < -0.4 is 0 Å². The Kier molecular flexibility index (Phi) is 21.0. The summed E-state index contributed by atoms with van der Waals surface area (Å²) in [7, 11) is 1.59. The summed E-state index contributed by atoms with van der Waals surface area (Å²) in [4.78, 5) is 14.2. The minimum absolute atomic E-state index is 0.0896. The molecule has 2 fully saturated rings. The standard InChI is InChI=1S/C61H68O11S/c1-43(2)58(44(3)62)73-59-56(69-40-50-33-21-10-22-34-50)54(67-38-48-29-17-8-18-30-48)52(42-65-36-46-25-13-6-14-26-46)71-61(59)72-57-55(68-39-49-31-19-9-20-32-49)53(66-37-47-27-15-7-16-28-47)51(70-60(57)63-4)41-64-35-45-23-11-5-12-24-45/h5-34,51-57,59-61H,35-42H2,1-4H3/t51-,52-,53-,54-,55+,56+,57-,59-,60-,61-/m1/s1. The van der Waals surface area contributed by atoms with Gasteiger partial charge < -0.3 is 47.4 Å². The van der Waals surface area contributed by atoms with Crippen LogP contribution in [0.25, 0.3) is 0 Å². The zero-order valence-electron chi connectivity index (χ0n) is 42.1. The lowest BCUT2D eigenvalue weighted by Crippen LogP contribution is -2.65. The average molecular weight is 1010 g/mol. The summed E-state index contributed by atoms with van der Waals surface area (Å²) in [6.45, 7) is 7.46. The smallest absolute Gasteiger partial charge is 0.186 e. The first kappa shape index (κ1) is 54.0. The van der Waals surface area contributed by atoms with E-state index in [1.165, 1.54) is 11.8 Å². The molecule has 2 aliphatic rings. The van der Waals surface area contributed by atoms with Crippen molar-refractivity contribution in [2.75, 3.05) is 20.3 Å². The number of ketones is 1. The molecule has 0 aromatic heterocycles. The SMILES string of the molecule is CO[C@@H]1O[C@H](COCc2ccccc2)[C@@H](OCc2ccccc2)[C@H](OCc2ccccc2)[C@H]1O[C@H]1O[C@H](COCc2ccccc2)[C@@H](OCc2ccccc2)[C@H](OCc2ccccc2)[C@H]1SC(C(C)=O)=C(C)C. The van der Waals surface area contributed by atoms with Gasteiger partial charge in [-0.3, -0.25) is 4.79 Å². The lowest BCUT2D eigenvalue weighted by atomic mass is 9.97. The maximum atomic E-state index is 13.6. The van der Waals surface area contributed by atoms with E-state index in [9.17, 15) is 4.79 Å². The van der Waals surface area contributed by atoms with Crippen LogP contribution in [0.15, 0.2) is 192 Å². The molecule has 12 heteroatoms. The van der Waals surface area contributed by atoms with Gasteiger partial charge in [-0.15, -0.1) is 11.8 Å². The molecule has 384 valence electrons. The second kappa shape index (κ2) is 28.4. The number of benzene rings is 6. The van der Waals surface area contributed by atoms with Gasteiger partial charge in [0.15, 0.2) is 18.4 Å². The first-order valence-corrected chi connectivity index (χ1v) is 25.9. The first-order valence-electron chi connectivity index (χ1n) is 25.0. The van der Waals surface area contributed by atoms with E-state index in [1.54, 1.807) is 14.0 Å². The van der Waals surface area contributed by atoms with Crippen LogP contribution in [0.4, 0.5) is 0 Å². The monoisotopic (exact) mass is 1010 g/mol. The quantitative estimate of drug-likeness (QED) is 0.0483. The second-order valence-electron chi connectivity index (χ2n) is 18.4. The maximum absolute atomic E-state index is 13.6. The molecule has 0 aliphatic carbocycles. The van der Waals surface area contributed by atoms with E-state index in [0.717, 1.165) is 39.0 Å². The molecule has 0 spiro atoms. The molecule has 2 aliphatic heterocycles. The van der Waals surface area contributed by atoms with Gasteiger partial charge in [-0.25, -0.2) is 0 Å². The molecule has 6 aromatic rings. The molecule has 0 N–H and O–H groups in total. The Labute approximate surface area is 435 Å². The van der Waals surface area contributed by atoms with Crippen molar-refractivity contribution in [3.05, 3.63) is 226 Å². The summed E-state index contributed by atoms with van der Waals surface area (Å²) < 4.78 is 68.9. The molecule has 0 amide bonds. The van der Waals surface area contributed by atoms with Crippen LogP contribution in [0.3, 0.4) is 0 Å². The van der Waals surface area contributed by atoms with Gasteiger partial charge in [-0.1, -0.05) is 188 Å². The van der Waals surface area contributed by atoms with Crippen molar-refractivity contribution >= 4 is 17.5 Å². The Morgan fingerprint density at radius 2 is 0.753 bits per heavy atom. The fraction of sp³-hybridized carbons (Fsp3) is 0.361. The van der Waals surface area contributed by atoms with Gasteiger partial charge in [0.05, 0.1) is 58.1 Å². The molecule has 10 atom stereocenters. The summed E-state index contributed by atoms with van der Waals surface area (Å²) in [6.07, 6.45) is -7.33. The molecule has 0 bridgehead atoms. The van der Waals surface area contributed by atoms with Crippen LogP contribution in [0.1, 0.15) is 54.2 Å². The molecule has 73 heavy (non-hydrogen) atoms. The molecule has 0 unspecified atom stereocenters. The van der Waals surface area contributed by atoms with E-state index in [4.69, 9.17) is 47.4 Å². The van der Waals surface area contributed by atoms with Gasteiger partial charge >= 0.3 is 0 Å². The van der Waals surface area contributed by atoms with E-state index in [0.29, 0.717) is 18.1 Å². The van der Waals surface area contributed by atoms with E-state index in [-0.39, 0.29) is 45.4 Å². The Balaban J connectivity index is 1.19. The Morgan fingerprint density at radius 1 is 0.425 bits per heavy atom. The summed E-state index contributed by atoms with van der Waals surface area (Å²) in [5.41, 5.74) is 6.77. The van der Waals surface area contributed by atoms with Crippen LogP contribution >= 0.6 is 11.8 Å². The van der Waals surface area contributed by atoms with Crippen molar-refractivity contribution in [2.45, 2.75) is 121 Å². The van der Waals surface area contributed by atoms with Crippen LogP contribution in [0.5, 0.6) is 0 Å². The van der Waals surface area contributed by atoms with Crippen LogP contribution in [0.2, 0.25) is 0 Å². The normalized spacial score (nSPS) is 23.9. The minimum atomic E-state index is -1.07. The summed E-state index contributed by atoms with van der Waals surface area (Å²) in [6, 6.07) is 60.0. The third-order valence-corrected chi connectivity index (χ3v) is 14.4. The highest BCUT2D eigenvalue weighted by Gasteiger charge is 2.54. The fourth-order valence-electron chi connectivity index (χ4n) is 9.02. The average Bonchev–Trinajstić information content (AvgIpc) is 3.42. The highest BCUT2D eigenvalue weighted by atomic mass is 32.2. The predicted octanol–water partition coefficient (Wildman–Crippen LogP) is 11.2. The highest BCUT2D eigenvalue weighted by molar-refractivity contribution is 8.04. The van der Waals surface area contributed by atoms with E-state index in [2.05, 4.69) is 0 Å². The Bertz CT molecular complexity index is 2530. The largest absolute Gasteiger partial charge is 0.374 e. The lowest BCUT2D eigenvalue weighted by molar-refractivity contribution is -0.359. The van der Waals surface area contributed by atoms with Gasteiger partial charge in [-0.2, -0.15) is 0 Å². The summed E-state index contributed by atoms with van der Waals surface area (Å²) in [5.74, 6) is -0.0896. The molecule has 6 aromatic carbocycles. The number of carbonyl (C=O) groups excluding carboxylic acids is 1. The summed E-state index contributed by atoms with van der Waals surface area (Å²) >= 11 is 1.37. The second-order valence-corrected chi connectivity index (χ2v) is 19.6. The molecular weight excluding hydrogens is 941 g/mol. The van der Waals surface area contributed by atoms with Gasteiger partial charge in [0, 0.05) is 12.0 Å². The molecule has 8 rings (SSSR count). The lowest BCUT2D eigenvalue weighted by Gasteiger charge is -2.50. The van der Waals surface area contributed by atoms with Gasteiger partial charge in [0.25, 0.3) is 0 Å². The number of hydrogen-bond acceptors (Lipinski definition) is 12. The highest BCUT2D eigenvalue weighted by Crippen LogP contribution is 2.42. The third-order valence-electron chi connectivity index (χ3n) is 12.7. The molecule has 11 nitrogen and oxygen atoms in total. The predicted molar refractivity (Wildman–Crippen MR) is 282 cm³/mol. The van der Waals surface area contributed by atoms with Gasteiger partial charge in [0.2, 0.25) is 0 Å². The Morgan fingerprint density at radius 3 is 1.11 bits per heavy atom. The number of ether oxygens (including phenoxy) is 10. The number of allylic oxidation sites excluding steroid dienone is 2. The van der Waals surface area contributed by atoms with Crippen LogP contribution in [-0.2, 0) is 91.8 Å². The maximum Gasteiger partial charge on any atom is 0.186 e. The van der Waals surface area contributed by atoms with E-state index < -0.39 is 60.6 Å². The topological polar surface area (TPSA) is 109 Å². The molecule has 2 saturated heterocycles. The summed E-state index contributed by atoms with van der Waals surface area (Å²) in [5, 5.41) is -0.688. The van der Waals surface area contributed by atoms with Gasteiger partial charge in [-0.05, 0) is 54.2 Å². The number of carbonyl (C=O) groups is 1. The number of hydrogen-bond donors (Lipinski definition) is 0. The zero-order chi connectivity index (χ0) is 50.6. The third kappa shape index (κ3) is 15.8. The van der Waals surface area contributed by atoms with E-state index in [1.807, 2.05) is 196 Å². The van der Waals surface area contributed by atoms with Crippen molar-refractivity contribution in [3.63, 3.8) is 0 Å². The van der Waals surface area contributed by atoms with Crippen molar-refractivity contribution in [1.29, 1.82) is 0 Å². The van der Waals surface area contributed by atoms with Crippen molar-refractivity contribution < 1.29 is 52.2 Å². The fourth-order valence-corrected chi connectivity index (χ4v) is 10.3. The zero-order valence-corrected chi connectivity index (χ0v) is 43.0. The molecule has 0 radical (unpaired) electrons. The van der Waals surface area contributed by atoms with Crippen molar-refractivity contribution in [3.8, 4) is 0 Å². The van der Waals surface area contributed by atoms with Crippen LogP contribution in [0, 0.1) is 0 Å². The Hall–Kier alpha value is -5.32. The minimum Gasteiger partial charge on any atom is -0.374 e.